The van der Waals surface area contributed by atoms with E-state index in [2.05, 4.69) is 19.2 Å². The van der Waals surface area contributed by atoms with E-state index in [9.17, 15) is 4.89 Å². The number of rotatable bonds is 15. The Balaban J connectivity index is 3.20. The molecule has 0 aliphatic rings. The lowest BCUT2D eigenvalue weighted by Crippen LogP contribution is -2.27. The first kappa shape index (κ1) is 22.4. The van der Waals surface area contributed by atoms with Gasteiger partial charge in [-0.2, -0.15) is 0 Å². The van der Waals surface area contributed by atoms with Crippen LogP contribution in [0.4, 0.5) is 0 Å². The molecule has 0 aliphatic carbocycles. The Morgan fingerprint density at radius 1 is 0.864 bits per heavy atom. The highest BCUT2D eigenvalue weighted by Crippen LogP contribution is 2.47. The van der Waals surface area contributed by atoms with E-state index in [1.807, 2.05) is 13.8 Å². The summed E-state index contributed by atoms with van der Waals surface area (Å²) in [6.45, 7) is 9.71. The molecule has 1 atom stereocenters. The summed E-state index contributed by atoms with van der Waals surface area (Å²) in [4.78, 5) is 9.79. The van der Waals surface area contributed by atoms with Gasteiger partial charge in [-0.05, 0) is 11.8 Å². The lowest BCUT2D eigenvalue weighted by atomic mass is 10.4. The van der Waals surface area contributed by atoms with Gasteiger partial charge >= 0.3 is 0 Å². The van der Waals surface area contributed by atoms with Crippen molar-refractivity contribution in [1.29, 1.82) is 0 Å². The topological polar surface area (TPSA) is 69.2 Å². The van der Waals surface area contributed by atoms with Gasteiger partial charge in [-0.15, -0.1) is 0 Å². The van der Waals surface area contributed by atoms with Gasteiger partial charge in [0.15, 0.2) is 6.49 Å². The Labute approximate surface area is 140 Å². The number of nitrogens with one attached hydrogen (secondary N) is 1. The van der Waals surface area contributed by atoms with Crippen molar-refractivity contribution in [2.75, 3.05) is 52.8 Å². The second-order valence-corrected chi connectivity index (χ2v) is 9.43. The van der Waals surface area contributed by atoms with Gasteiger partial charge < -0.3 is 28.9 Å². The molecule has 0 aromatic rings. The van der Waals surface area contributed by atoms with E-state index in [1.54, 1.807) is 0 Å². The minimum atomic E-state index is -2.65. The smallest absolute Gasteiger partial charge is 0.188 e. The van der Waals surface area contributed by atoms with Crippen molar-refractivity contribution in [3.05, 3.63) is 0 Å². The van der Waals surface area contributed by atoms with Crippen molar-refractivity contribution in [3.63, 3.8) is 0 Å². The van der Waals surface area contributed by atoms with Crippen LogP contribution in [0.5, 0.6) is 0 Å². The average molecular weight is 357 g/mol. The van der Waals surface area contributed by atoms with Gasteiger partial charge in [0.2, 0.25) is 0 Å². The molecule has 0 aromatic carbocycles. The van der Waals surface area contributed by atoms with Gasteiger partial charge in [0, 0.05) is 18.2 Å². The molecule has 0 saturated heterocycles. The maximum Gasteiger partial charge on any atom is 0.188 e. The Bertz CT molecular complexity index is 305. The molecular weight excluding hydrogens is 325 g/mol. The van der Waals surface area contributed by atoms with Gasteiger partial charge in [0.05, 0.1) is 46.2 Å². The molecule has 0 bridgehead atoms. The quantitative estimate of drug-likeness (QED) is 0.342. The molecule has 0 heterocycles. The minimum Gasteiger partial charge on any atom is -0.378 e. The van der Waals surface area contributed by atoms with Crippen molar-refractivity contribution in [2.24, 2.45) is 0 Å². The third-order valence-corrected chi connectivity index (χ3v) is 6.14. The fraction of sp³-hybridized carbons (Fsp3) is 1.00. The molecule has 134 valence electrons. The summed E-state index contributed by atoms with van der Waals surface area (Å²) in [5, 5.41) is 3.27. The zero-order valence-corrected chi connectivity index (χ0v) is 16.0. The van der Waals surface area contributed by atoms with Gasteiger partial charge in [-0.3, -0.25) is 0 Å². The van der Waals surface area contributed by atoms with Crippen molar-refractivity contribution in [2.45, 2.75) is 39.4 Å². The first-order valence-electron chi connectivity index (χ1n) is 7.80. The zero-order valence-electron chi connectivity index (χ0n) is 14.2. The van der Waals surface area contributed by atoms with Crippen LogP contribution < -0.4 is 5.32 Å². The van der Waals surface area contributed by atoms with E-state index in [-0.39, 0.29) is 5.66 Å². The van der Waals surface area contributed by atoms with E-state index >= 15 is 0 Å². The SMILES string of the molecule is CC(C)NCCOCCOCCOCCOP(O)(=S)C(C)C. The molecule has 0 aromatic heterocycles. The lowest BCUT2D eigenvalue weighted by molar-refractivity contribution is 0.00969. The molecule has 0 aliphatic heterocycles. The first-order valence-corrected chi connectivity index (χ1v) is 10.5. The fourth-order valence-electron chi connectivity index (χ4n) is 1.34. The predicted molar refractivity (Wildman–Crippen MR) is 93.2 cm³/mol. The van der Waals surface area contributed by atoms with Gasteiger partial charge in [-0.25, -0.2) is 0 Å². The highest BCUT2D eigenvalue weighted by atomic mass is 32.5. The Kier molecular flexibility index (Phi) is 14.1. The summed E-state index contributed by atoms with van der Waals surface area (Å²) in [6, 6.07) is 0.486. The standard InChI is InChI=1S/C14H32NO5PS/c1-13(2)15-5-6-17-7-8-18-9-10-19-11-12-20-21(16,22)14(3)4/h13-15H,5-12H2,1-4H3,(H,16,22). The fourth-order valence-corrected chi connectivity index (χ4v) is 2.20. The monoisotopic (exact) mass is 357 g/mol. The van der Waals surface area contributed by atoms with Gasteiger partial charge in [-0.1, -0.05) is 27.7 Å². The normalized spacial score (nSPS) is 14.7. The maximum atomic E-state index is 9.79. The molecule has 0 radical (unpaired) electrons. The predicted octanol–water partition coefficient (Wildman–Crippen LogP) is 1.76. The summed E-state index contributed by atoms with van der Waals surface area (Å²) in [6.07, 6.45) is 0. The molecule has 0 saturated carbocycles. The van der Waals surface area contributed by atoms with E-state index in [0.29, 0.717) is 52.3 Å². The third-order valence-electron chi connectivity index (χ3n) is 2.70. The van der Waals surface area contributed by atoms with Crippen LogP contribution in [0, 0.1) is 0 Å². The summed E-state index contributed by atoms with van der Waals surface area (Å²) < 4.78 is 21.4. The second-order valence-electron chi connectivity index (χ2n) is 5.44. The third kappa shape index (κ3) is 14.0. The van der Waals surface area contributed by atoms with Gasteiger partial charge in [0.25, 0.3) is 0 Å². The highest BCUT2D eigenvalue weighted by molar-refractivity contribution is 8.09. The minimum absolute atomic E-state index is 0.0263. The number of ether oxygens (including phenoxy) is 3. The van der Waals surface area contributed by atoms with Crippen LogP contribution in [0.1, 0.15) is 27.7 Å². The average Bonchev–Trinajstić information content (AvgIpc) is 2.43. The maximum absolute atomic E-state index is 9.79. The molecule has 22 heavy (non-hydrogen) atoms. The number of hydrogen-bond acceptors (Lipinski definition) is 6. The summed E-state index contributed by atoms with van der Waals surface area (Å²) in [5.41, 5.74) is -0.0263. The van der Waals surface area contributed by atoms with E-state index in [0.717, 1.165) is 6.54 Å². The van der Waals surface area contributed by atoms with E-state index < -0.39 is 6.49 Å². The molecule has 0 amide bonds. The lowest BCUT2D eigenvalue weighted by Gasteiger charge is -2.19. The van der Waals surface area contributed by atoms with Crippen LogP contribution in [0.15, 0.2) is 0 Å². The van der Waals surface area contributed by atoms with E-state index in [1.165, 1.54) is 0 Å². The molecule has 2 N–H and O–H groups in total. The summed E-state index contributed by atoms with van der Waals surface area (Å²) in [5.74, 6) is 0. The van der Waals surface area contributed by atoms with Crippen LogP contribution in [-0.2, 0) is 30.5 Å². The van der Waals surface area contributed by atoms with Crippen molar-refractivity contribution < 1.29 is 23.6 Å². The van der Waals surface area contributed by atoms with Crippen molar-refractivity contribution in [3.8, 4) is 0 Å². The largest absolute Gasteiger partial charge is 0.378 e. The Morgan fingerprint density at radius 3 is 1.77 bits per heavy atom. The van der Waals surface area contributed by atoms with Crippen molar-refractivity contribution in [1.82, 2.24) is 5.32 Å². The molecule has 8 heteroatoms. The summed E-state index contributed by atoms with van der Waals surface area (Å²) >= 11 is 5.01. The second kappa shape index (κ2) is 13.8. The van der Waals surface area contributed by atoms with Crippen LogP contribution in [0.2, 0.25) is 0 Å². The van der Waals surface area contributed by atoms with Crippen LogP contribution in [0.25, 0.3) is 0 Å². The van der Waals surface area contributed by atoms with Gasteiger partial charge in [0.1, 0.15) is 0 Å². The van der Waals surface area contributed by atoms with Crippen LogP contribution >= 0.6 is 6.49 Å². The van der Waals surface area contributed by atoms with E-state index in [4.69, 9.17) is 30.5 Å². The summed E-state index contributed by atoms with van der Waals surface area (Å²) in [7, 11) is 0. The molecule has 0 rings (SSSR count). The first-order chi connectivity index (χ1) is 10.4. The number of hydrogen-bond donors (Lipinski definition) is 2. The highest BCUT2D eigenvalue weighted by Gasteiger charge is 2.18. The van der Waals surface area contributed by atoms with Crippen LogP contribution in [-0.4, -0.2) is 69.4 Å². The molecule has 6 nitrogen and oxygen atoms in total. The molecule has 0 fully saturated rings. The van der Waals surface area contributed by atoms with Crippen molar-refractivity contribution >= 4 is 18.3 Å². The Hall–Kier alpha value is 0.410. The molecule has 1 unspecified atom stereocenters. The Morgan fingerprint density at radius 2 is 1.32 bits per heavy atom. The molecule has 0 spiro atoms. The van der Waals surface area contributed by atoms with Crippen LogP contribution in [0.3, 0.4) is 0 Å². The zero-order chi connectivity index (χ0) is 16.8. The molecular formula is C14H32NO5PS.